The molecule has 0 bridgehead atoms. The van der Waals surface area contributed by atoms with Crippen LogP contribution in [-0.4, -0.2) is 46.8 Å². The minimum absolute atomic E-state index is 0.203. The molecule has 4 N–H and O–H groups in total. The SMILES string of the molecule is NC1CC(CCB(O)O)N(Cc2ccccc2)C1.O=C=O. The summed E-state index contributed by atoms with van der Waals surface area (Å²) in [7, 11) is -1.21. The topological polar surface area (TPSA) is 104 Å². The number of rotatable bonds is 5. The van der Waals surface area contributed by atoms with E-state index in [2.05, 4.69) is 17.0 Å². The number of nitrogens with zero attached hydrogens (tertiary/aromatic N) is 1. The van der Waals surface area contributed by atoms with Gasteiger partial charge in [-0.25, -0.2) is 0 Å². The van der Waals surface area contributed by atoms with Crippen molar-refractivity contribution in [2.45, 2.75) is 37.8 Å². The van der Waals surface area contributed by atoms with Crippen LogP contribution < -0.4 is 5.73 Å². The van der Waals surface area contributed by atoms with Gasteiger partial charge in [0.1, 0.15) is 0 Å². The van der Waals surface area contributed by atoms with Crippen molar-refractivity contribution < 1.29 is 19.6 Å². The number of benzene rings is 1. The Morgan fingerprint density at radius 3 is 2.48 bits per heavy atom. The largest absolute Gasteiger partial charge is 0.451 e. The summed E-state index contributed by atoms with van der Waals surface area (Å²) in [6, 6.07) is 10.9. The van der Waals surface area contributed by atoms with E-state index in [0.29, 0.717) is 12.4 Å². The van der Waals surface area contributed by atoms with Crippen LogP contribution in [0.25, 0.3) is 0 Å². The highest BCUT2D eigenvalue weighted by molar-refractivity contribution is 6.40. The van der Waals surface area contributed by atoms with Gasteiger partial charge in [-0.2, -0.15) is 9.59 Å². The molecule has 1 aromatic rings. The Morgan fingerprint density at radius 2 is 1.90 bits per heavy atom. The number of hydrogen-bond donors (Lipinski definition) is 3. The van der Waals surface area contributed by atoms with Gasteiger partial charge in [0.25, 0.3) is 0 Å². The highest BCUT2D eigenvalue weighted by Gasteiger charge is 2.30. The molecule has 0 spiro atoms. The molecule has 0 amide bonds. The van der Waals surface area contributed by atoms with Gasteiger partial charge in [0.2, 0.25) is 0 Å². The van der Waals surface area contributed by atoms with Crippen LogP contribution in [0.3, 0.4) is 0 Å². The smallest absolute Gasteiger partial charge is 0.427 e. The van der Waals surface area contributed by atoms with E-state index in [0.717, 1.165) is 25.9 Å². The first-order chi connectivity index (χ1) is 10.1. The van der Waals surface area contributed by atoms with Crippen LogP contribution in [0.2, 0.25) is 6.32 Å². The Hall–Kier alpha value is -1.50. The van der Waals surface area contributed by atoms with Gasteiger partial charge in [-0.15, -0.1) is 0 Å². The summed E-state index contributed by atoms with van der Waals surface area (Å²) in [5.74, 6) is 0. The molecule has 1 aromatic carbocycles. The summed E-state index contributed by atoms with van der Waals surface area (Å²) < 4.78 is 0. The lowest BCUT2D eigenvalue weighted by Gasteiger charge is -2.24. The summed E-state index contributed by atoms with van der Waals surface area (Å²) >= 11 is 0. The normalized spacial score (nSPS) is 21.3. The zero-order valence-corrected chi connectivity index (χ0v) is 11.9. The first-order valence-electron chi connectivity index (χ1n) is 6.95. The Morgan fingerprint density at radius 1 is 1.29 bits per heavy atom. The number of carbonyl (C=O) groups excluding carboxylic acids is 2. The van der Waals surface area contributed by atoms with E-state index in [1.165, 1.54) is 5.56 Å². The molecular weight excluding hydrogens is 271 g/mol. The third-order valence-electron chi connectivity index (χ3n) is 3.55. The van der Waals surface area contributed by atoms with E-state index in [9.17, 15) is 0 Å². The molecule has 0 saturated carbocycles. The molecule has 0 aliphatic carbocycles. The fourth-order valence-corrected chi connectivity index (χ4v) is 2.68. The number of hydrogen-bond acceptors (Lipinski definition) is 6. The molecule has 1 aliphatic heterocycles. The maximum atomic E-state index is 8.96. The van der Waals surface area contributed by atoms with Crippen LogP contribution in [0.15, 0.2) is 30.3 Å². The Kier molecular flexibility index (Phi) is 7.89. The van der Waals surface area contributed by atoms with Gasteiger partial charge < -0.3 is 15.8 Å². The van der Waals surface area contributed by atoms with Crippen molar-refractivity contribution in [1.82, 2.24) is 4.90 Å². The molecular formula is C14H21BN2O4. The summed E-state index contributed by atoms with van der Waals surface area (Å²) in [4.78, 5) is 18.6. The molecule has 1 fully saturated rings. The van der Waals surface area contributed by atoms with Gasteiger partial charge in [-0.3, -0.25) is 4.90 Å². The Balaban J connectivity index is 0.000000677. The standard InChI is InChI=1S/C13H21BN2O2.CO2/c15-12-8-13(6-7-14(17)18)16(10-12)9-11-4-2-1-3-5-11;2-1-3/h1-5,12-13,17-18H,6-10,15H2;. The quantitative estimate of drug-likeness (QED) is 0.653. The van der Waals surface area contributed by atoms with E-state index >= 15 is 0 Å². The third kappa shape index (κ3) is 6.66. The monoisotopic (exact) mass is 292 g/mol. The van der Waals surface area contributed by atoms with Gasteiger partial charge in [0.05, 0.1) is 0 Å². The summed E-state index contributed by atoms with van der Waals surface area (Å²) in [6.45, 7) is 1.78. The van der Waals surface area contributed by atoms with Crippen molar-refractivity contribution in [3.8, 4) is 0 Å². The Labute approximate surface area is 124 Å². The molecule has 1 saturated heterocycles. The van der Waals surface area contributed by atoms with Crippen molar-refractivity contribution in [3.63, 3.8) is 0 Å². The predicted octanol–water partition coefficient (Wildman–Crippen LogP) is -0.132. The summed E-state index contributed by atoms with van der Waals surface area (Å²) in [6.07, 6.45) is 2.40. The molecule has 1 heterocycles. The van der Waals surface area contributed by atoms with Gasteiger partial charge in [-0.05, 0) is 24.7 Å². The van der Waals surface area contributed by atoms with E-state index < -0.39 is 7.12 Å². The van der Waals surface area contributed by atoms with Crippen molar-refractivity contribution >= 4 is 13.3 Å². The molecule has 2 unspecified atom stereocenters. The highest BCUT2D eigenvalue weighted by Crippen LogP contribution is 2.23. The molecule has 6 nitrogen and oxygen atoms in total. The van der Waals surface area contributed by atoms with Crippen LogP contribution in [-0.2, 0) is 16.1 Å². The summed E-state index contributed by atoms with van der Waals surface area (Å²) in [5, 5.41) is 17.9. The lowest BCUT2D eigenvalue weighted by atomic mass is 9.82. The highest BCUT2D eigenvalue weighted by atomic mass is 16.4. The molecule has 7 heteroatoms. The average molecular weight is 292 g/mol. The van der Waals surface area contributed by atoms with Crippen molar-refractivity contribution in [2.24, 2.45) is 5.73 Å². The second-order valence-corrected chi connectivity index (χ2v) is 5.21. The molecule has 2 atom stereocenters. The molecule has 1 aliphatic rings. The van der Waals surface area contributed by atoms with Gasteiger partial charge in [0.15, 0.2) is 0 Å². The minimum atomic E-state index is -1.21. The zero-order valence-electron chi connectivity index (χ0n) is 11.9. The van der Waals surface area contributed by atoms with E-state index in [-0.39, 0.29) is 12.2 Å². The maximum absolute atomic E-state index is 8.96. The van der Waals surface area contributed by atoms with E-state index in [4.69, 9.17) is 25.4 Å². The van der Waals surface area contributed by atoms with Crippen LogP contribution in [0, 0.1) is 0 Å². The Bertz CT molecular complexity index is 438. The fourth-order valence-electron chi connectivity index (χ4n) is 2.68. The zero-order chi connectivity index (χ0) is 15.7. The second kappa shape index (κ2) is 9.44. The first kappa shape index (κ1) is 17.6. The van der Waals surface area contributed by atoms with Crippen LogP contribution in [0.1, 0.15) is 18.4 Å². The lowest BCUT2D eigenvalue weighted by Crippen LogP contribution is -2.31. The number of nitrogens with two attached hydrogens (primary N) is 1. The van der Waals surface area contributed by atoms with Crippen molar-refractivity contribution in [2.75, 3.05) is 6.54 Å². The van der Waals surface area contributed by atoms with Crippen LogP contribution in [0.5, 0.6) is 0 Å². The number of likely N-dealkylation sites (tertiary alicyclic amines) is 1. The van der Waals surface area contributed by atoms with E-state index in [1.54, 1.807) is 0 Å². The van der Waals surface area contributed by atoms with Gasteiger partial charge in [-0.1, -0.05) is 30.3 Å². The fraction of sp³-hybridized carbons (Fsp3) is 0.500. The van der Waals surface area contributed by atoms with E-state index in [1.807, 2.05) is 18.2 Å². The van der Waals surface area contributed by atoms with Crippen molar-refractivity contribution in [3.05, 3.63) is 35.9 Å². The summed E-state index contributed by atoms with van der Waals surface area (Å²) in [5.41, 5.74) is 7.29. The first-order valence-corrected chi connectivity index (χ1v) is 6.95. The molecule has 21 heavy (non-hydrogen) atoms. The van der Waals surface area contributed by atoms with Gasteiger partial charge in [0, 0.05) is 25.2 Å². The molecule has 0 aromatic heterocycles. The van der Waals surface area contributed by atoms with Crippen LogP contribution >= 0.6 is 0 Å². The molecule has 2 rings (SSSR count). The van der Waals surface area contributed by atoms with Gasteiger partial charge >= 0.3 is 13.3 Å². The average Bonchev–Trinajstić information content (AvgIpc) is 2.78. The second-order valence-electron chi connectivity index (χ2n) is 5.21. The maximum Gasteiger partial charge on any atom is 0.451 e. The molecule has 0 radical (unpaired) electrons. The molecule has 114 valence electrons. The van der Waals surface area contributed by atoms with Crippen LogP contribution in [0.4, 0.5) is 0 Å². The van der Waals surface area contributed by atoms with Crippen molar-refractivity contribution in [1.29, 1.82) is 0 Å². The predicted molar refractivity (Wildman–Crippen MR) is 77.9 cm³/mol. The minimum Gasteiger partial charge on any atom is -0.427 e. The lowest BCUT2D eigenvalue weighted by molar-refractivity contribution is -0.191. The third-order valence-corrected chi connectivity index (χ3v) is 3.55.